The Morgan fingerprint density at radius 2 is 1.82 bits per heavy atom. The zero-order chi connectivity index (χ0) is 26.9. The number of nitrogens with zero attached hydrogens (tertiary/aromatic N) is 1. The summed E-state index contributed by atoms with van der Waals surface area (Å²) in [5, 5.41) is 11.7. The molecule has 1 unspecified atom stereocenters. The van der Waals surface area contributed by atoms with Crippen LogP contribution >= 0.6 is 15.9 Å². The number of carbonyl (C=O) groups excluding carboxylic acids is 2. The van der Waals surface area contributed by atoms with E-state index in [-0.39, 0.29) is 17.9 Å². The van der Waals surface area contributed by atoms with E-state index in [1.807, 2.05) is 48.5 Å². The predicted molar refractivity (Wildman–Crippen MR) is 147 cm³/mol. The summed E-state index contributed by atoms with van der Waals surface area (Å²) in [6.07, 6.45) is 1.51. The molecule has 5 aromatic rings. The average Bonchev–Trinajstić information content (AvgIpc) is 3.68. The van der Waals surface area contributed by atoms with Crippen molar-refractivity contribution < 1.29 is 28.3 Å². The Balaban J connectivity index is 1.38. The van der Waals surface area contributed by atoms with Gasteiger partial charge in [-0.3, -0.25) is 9.59 Å². The van der Waals surface area contributed by atoms with E-state index in [4.69, 9.17) is 13.6 Å². The Labute approximate surface area is 232 Å². The first-order valence-corrected chi connectivity index (χ1v) is 13.0. The van der Waals surface area contributed by atoms with Gasteiger partial charge in [0.1, 0.15) is 23.7 Å². The van der Waals surface area contributed by atoms with Crippen LogP contribution in [0.4, 0.5) is 0 Å². The zero-order valence-electron chi connectivity index (χ0n) is 20.5. The molecule has 3 heterocycles. The highest BCUT2D eigenvalue weighted by Gasteiger charge is 2.45. The van der Waals surface area contributed by atoms with Crippen molar-refractivity contribution in [2.45, 2.75) is 19.2 Å². The van der Waals surface area contributed by atoms with Crippen molar-refractivity contribution in [3.05, 3.63) is 136 Å². The van der Waals surface area contributed by atoms with Crippen LogP contribution in [0.1, 0.15) is 33.5 Å². The van der Waals surface area contributed by atoms with E-state index in [0.29, 0.717) is 29.3 Å². The third kappa shape index (κ3) is 4.86. The summed E-state index contributed by atoms with van der Waals surface area (Å²) in [5.74, 6) is -0.758. The zero-order valence-corrected chi connectivity index (χ0v) is 22.1. The van der Waals surface area contributed by atoms with Gasteiger partial charge in [0.15, 0.2) is 11.5 Å². The molecule has 1 aliphatic heterocycles. The minimum atomic E-state index is -0.893. The molecular weight excluding hydrogens is 562 g/mol. The molecule has 6 rings (SSSR count). The van der Waals surface area contributed by atoms with Crippen molar-refractivity contribution in [1.29, 1.82) is 0 Å². The molecule has 39 heavy (non-hydrogen) atoms. The molecule has 1 aliphatic rings. The van der Waals surface area contributed by atoms with Gasteiger partial charge in [0.25, 0.3) is 5.91 Å². The lowest BCUT2D eigenvalue weighted by Gasteiger charge is -2.26. The summed E-state index contributed by atoms with van der Waals surface area (Å²) < 4.78 is 18.2. The summed E-state index contributed by atoms with van der Waals surface area (Å²) in [7, 11) is 0. The second-order valence-electron chi connectivity index (χ2n) is 9.15. The Kier molecular flexibility index (Phi) is 6.54. The lowest BCUT2D eigenvalue weighted by atomic mass is 9.94. The van der Waals surface area contributed by atoms with Crippen molar-refractivity contribution in [2.24, 2.45) is 0 Å². The van der Waals surface area contributed by atoms with Crippen LogP contribution < -0.4 is 4.74 Å². The number of fused-ring (bicyclic) bond motifs is 1. The number of furan rings is 2. The number of aliphatic hydroxyl groups is 1. The summed E-state index contributed by atoms with van der Waals surface area (Å²) >= 11 is 3.42. The number of benzene rings is 3. The molecule has 0 aliphatic carbocycles. The molecule has 0 saturated carbocycles. The number of carbonyl (C=O) groups is 2. The molecule has 0 radical (unpaired) electrons. The van der Waals surface area contributed by atoms with E-state index in [0.717, 1.165) is 15.4 Å². The van der Waals surface area contributed by atoms with Gasteiger partial charge in [-0.25, -0.2) is 0 Å². The Bertz CT molecular complexity index is 1700. The lowest BCUT2D eigenvalue weighted by Crippen LogP contribution is -2.30. The van der Waals surface area contributed by atoms with Crippen molar-refractivity contribution >= 4 is 38.6 Å². The maximum absolute atomic E-state index is 13.8. The molecule has 7 nitrogen and oxygen atoms in total. The molecule has 0 bridgehead atoms. The van der Waals surface area contributed by atoms with Gasteiger partial charge >= 0.3 is 0 Å². The molecule has 0 fully saturated rings. The van der Waals surface area contributed by atoms with Crippen LogP contribution in [0, 0.1) is 0 Å². The van der Waals surface area contributed by atoms with Crippen molar-refractivity contribution in [3.63, 3.8) is 0 Å². The normalized spacial score (nSPS) is 15.4. The smallest absolute Gasteiger partial charge is 0.290 e. The Morgan fingerprint density at radius 3 is 2.62 bits per heavy atom. The largest absolute Gasteiger partial charge is 0.503 e. The fraction of sp³-hybridized carbons (Fsp3) is 0.0968. The number of aliphatic hydroxyl groups excluding tert-OH is 1. The minimum Gasteiger partial charge on any atom is -0.503 e. The minimum absolute atomic E-state index is 0.0266. The summed E-state index contributed by atoms with van der Waals surface area (Å²) in [4.78, 5) is 28.6. The molecule has 8 heteroatoms. The summed E-state index contributed by atoms with van der Waals surface area (Å²) in [5.41, 5.74) is 2.06. The van der Waals surface area contributed by atoms with Crippen molar-refractivity contribution in [1.82, 2.24) is 4.90 Å². The van der Waals surface area contributed by atoms with Gasteiger partial charge in [-0.2, -0.15) is 0 Å². The summed E-state index contributed by atoms with van der Waals surface area (Å²) in [6.45, 7) is 0.408. The van der Waals surface area contributed by atoms with Crippen LogP contribution in [-0.2, 0) is 17.9 Å². The molecule has 0 saturated heterocycles. The van der Waals surface area contributed by atoms with Crippen LogP contribution in [0.5, 0.6) is 5.75 Å². The molecule has 1 atom stereocenters. The van der Waals surface area contributed by atoms with E-state index in [1.54, 1.807) is 42.5 Å². The third-order valence-electron chi connectivity index (χ3n) is 6.58. The molecule has 2 aromatic heterocycles. The first-order chi connectivity index (χ1) is 19.0. The van der Waals surface area contributed by atoms with Gasteiger partial charge in [0.05, 0.1) is 24.4 Å². The number of ketones is 1. The molecule has 1 N–H and O–H groups in total. The Morgan fingerprint density at radius 1 is 0.974 bits per heavy atom. The number of rotatable bonds is 8. The van der Waals surface area contributed by atoms with Gasteiger partial charge in [-0.15, -0.1) is 0 Å². The standard InChI is InChI=1S/C31H22BrNO6/c32-22-11-12-25-21(14-22)16-26(39-25)29(34)27-28(33(31(36)30(27)35)17-24-10-5-13-37-24)20-8-4-9-23(15-20)38-18-19-6-2-1-3-7-19/h1-16,28,35H,17-18H2. The van der Waals surface area contributed by atoms with Crippen molar-refractivity contribution in [3.8, 4) is 5.75 Å². The fourth-order valence-electron chi connectivity index (χ4n) is 4.74. The SMILES string of the molecule is O=C(C1=C(O)C(=O)N(Cc2ccco2)C1c1cccc(OCc2ccccc2)c1)c1cc2cc(Br)ccc2o1. The molecule has 1 amide bonds. The van der Waals surface area contributed by atoms with Gasteiger partial charge in [0, 0.05) is 9.86 Å². The number of ether oxygens (including phenoxy) is 1. The maximum Gasteiger partial charge on any atom is 0.290 e. The lowest BCUT2D eigenvalue weighted by molar-refractivity contribution is -0.130. The average molecular weight is 584 g/mol. The number of Topliss-reactive ketones (excluding diaryl/α,β-unsaturated/α-hetero) is 1. The van der Waals surface area contributed by atoms with Gasteiger partial charge < -0.3 is 23.6 Å². The van der Waals surface area contributed by atoms with Gasteiger partial charge in [-0.05, 0) is 59.7 Å². The topological polar surface area (TPSA) is 93.1 Å². The summed E-state index contributed by atoms with van der Waals surface area (Å²) in [6, 6.07) is 26.5. The molecule has 3 aromatic carbocycles. The fourth-order valence-corrected chi connectivity index (χ4v) is 5.12. The number of hydrogen-bond acceptors (Lipinski definition) is 6. The highest BCUT2D eigenvalue weighted by molar-refractivity contribution is 9.10. The predicted octanol–water partition coefficient (Wildman–Crippen LogP) is 7.15. The number of halogens is 1. The highest BCUT2D eigenvalue weighted by atomic mass is 79.9. The van der Waals surface area contributed by atoms with Crippen LogP contribution in [0.3, 0.4) is 0 Å². The highest BCUT2D eigenvalue weighted by Crippen LogP contribution is 2.41. The second kappa shape index (κ2) is 10.3. The molecular formula is C31H22BrNO6. The number of amides is 1. The number of hydrogen-bond donors (Lipinski definition) is 1. The molecule has 0 spiro atoms. The van der Waals surface area contributed by atoms with Crippen LogP contribution in [-0.4, -0.2) is 21.7 Å². The van der Waals surface area contributed by atoms with E-state index in [2.05, 4.69) is 15.9 Å². The van der Waals surface area contributed by atoms with Crippen molar-refractivity contribution in [2.75, 3.05) is 0 Å². The van der Waals surface area contributed by atoms with E-state index in [1.165, 1.54) is 11.2 Å². The molecule has 194 valence electrons. The van der Waals surface area contributed by atoms with Crippen LogP contribution in [0.25, 0.3) is 11.0 Å². The second-order valence-corrected chi connectivity index (χ2v) is 10.1. The third-order valence-corrected chi connectivity index (χ3v) is 7.07. The van der Waals surface area contributed by atoms with E-state index in [9.17, 15) is 14.7 Å². The quantitative estimate of drug-likeness (QED) is 0.195. The maximum atomic E-state index is 13.8. The first-order valence-electron chi connectivity index (χ1n) is 12.2. The van der Waals surface area contributed by atoms with Crippen LogP contribution in [0.2, 0.25) is 0 Å². The van der Waals surface area contributed by atoms with Crippen LogP contribution in [0.15, 0.2) is 122 Å². The Hall–Kier alpha value is -4.56. The van der Waals surface area contributed by atoms with E-state index < -0.39 is 23.5 Å². The first kappa shape index (κ1) is 24.8. The monoisotopic (exact) mass is 583 g/mol. The van der Waals surface area contributed by atoms with Gasteiger partial charge in [0.2, 0.25) is 5.78 Å². The van der Waals surface area contributed by atoms with E-state index >= 15 is 0 Å². The van der Waals surface area contributed by atoms with Gasteiger partial charge in [-0.1, -0.05) is 58.4 Å².